The van der Waals surface area contributed by atoms with Gasteiger partial charge in [-0.15, -0.1) is 0 Å². The highest BCUT2D eigenvalue weighted by molar-refractivity contribution is 5.32. The highest BCUT2D eigenvalue weighted by atomic mass is 14.9. The van der Waals surface area contributed by atoms with Crippen molar-refractivity contribution in [2.75, 3.05) is 0 Å². The van der Waals surface area contributed by atoms with E-state index in [0.29, 0.717) is 5.92 Å². The Balaban J connectivity index is 1.65. The van der Waals surface area contributed by atoms with Crippen LogP contribution in [-0.2, 0) is 0 Å². The Morgan fingerprint density at radius 3 is 2.50 bits per heavy atom. The molecule has 0 aliphatic heterocycles. The third-order valence-electron chi connectivity index (χ3n) is 4.46. The van der Waals surface area contributed by atoms with Crippen molar-refractivity contribution in [3.05, 3.63) is 35.9 Å². The Labute approximate surface area is 98.0 Å². The van der Waals surface area contributed by atoms with Crippen LogP contribution in [0.15, 0.2) is 30.3 Å². The van der Waals surface area contributed by atoms with Gasteiger partial charge < -0.3 is 5.73 Å². The molecule has 16 heavy (non-hydrogen) atoms. The average molecular weight is 215 g/mol. The molecule has 0 amide bonds. The minimum Gasteiger partial charge on any atom is -0.325 e. The van der Waals surface area contributed by atoms with Gasteiger partial charge in [0.2, 0.25) is 0 Å². The van der Waals surface area contributed by atoms with Gasteiger partial charge in [0.05, 0.1) is 0 Å². The second-order valence-corrected chi connectivity index (χ2v) is 5.76. The first kappa shape index (κ1) is 10.3. The van der Waals surface area contributed by atoms with Crippen LogP contribution in [0.1, 0.15) is 50.0 Å². The van der Waals surface area contributed by atoms with Crippen LogP contribution in [0, 0.1) is 5.92 Å². The van der Waals surface area contributed by atoms with Crippen LogP contribution in [0.5, 0.6) is 0 Å². The summed E-state index contributed by atoms with van der Waals surface area (Å²) in [5.74, 6) is 1.55. The van der Waals surface area contributed by atoms with E-state index in [-0.39, 0.29) is 5.54 Å². The van der Waals surface area contributed by atoms with Crippen LogP contribution in [0.2, 0.25) is 0 Å². The minimum absolute atomic E-state index is 0.135. The van der Waals surface area contributed by atoms with Crippen molar-refractivity contribution in [2.45, 2.75) is 50.0 Å². The molecule has 86 valence electrons. The fourth-order valence-electron chi connectivity index (χ4n) is 3.43. The monoisotopic (exact) mass is 215 g/mol. The van der Waals surface area contributed by atoms with Crippen molar-refractivity contribution in [1.82, 2.24) is 0 Å². The van der Waals surface area contributed by atoms with Gasteiger partial charge in [0.15, 0.2) is 0 Å². The van der Waals surface area contributed by atoms with Gasteiger partial charge in [-0.3, -0.25) is 0 Å². The van der Waals surface area contributed by atoms with Crippen LogP contribution < -0.4 is 5.73 Å². The second-order valence-electron chi connectivity index (χ2n) is 5.76. The molecule has 1 aromatic rings. The molecule has 0 aromatic heterocycles. The molecule has 0 radical (unpaired) electrons. The SMILES string of the molecule is NC1(CC2CCCC2)CC1c1ccccc1. The van der Waals surface area contributed by atoms with E-state index in [0.717, 1.165) is 5.92 Å². The number of hydrogen-bond donors (Lipinski definition) is 1. The van der Waals surface area contributed by atoms with Gasteiger partial charge in [-0.2, -0.15) is 0 Å². The Morgan fingerprint density at radius 1 is 1.12 bits per heavy atom. The zero-order valence-electron chi connectivity index (χ0n) is 9.86. The Morgan fingerprint density at radius 2 is 1.81 bits per heavy atom. The molecule has 2 atom stereocenters. The molecule has 2 aliphatic rings. The van der Waals surface area contributed by atoms with Crippen LogP contribution in [0.3, 0.4) is 0 Å². The zero-order chi connectivity index (χ0) is 11.0. The van der Waals surface area contributed by atoms with Crippen LogP contribution >= 0.6 is 0 Å². The lowest BCUT2D eigenvalue weighted by atomic mass is 9.94. The molecular formula is C15H21N. The number of benzene rings is 1. The highest BCUT2D eigenvalue weighted by Crippen LogP contribution is 2.54. The molecule has 0 heterocycles. The van der Waals surface area contributed by atoms with E-state index >= 15 is 0 Å². The van der Waals surface area contributed by atoms with Crippen LogP contribution in [0.25, 0.3) is 0 Å². The molecule has 2 saturated carbocycles. The summed E-state index contributed by atoms with van der Waals surface area (Å²) in [6.45, 7) is 0. The first-order valence-corrected chi connectivity index (χ1v) is 6.62. The summed E-state index contributed by atoms with van der Waals surface area (Å²) in [4.78, 5) is 0. The minimum atomic E-state index is 0.135. The predicted molar refractivity (Wildman–Crippen MR) is 67.3 cm³/mol. The van der Waals surface area contributed by atoms with Crippen molar-refractivity contribution in [1.29, 1.82) is 0 Å². The number of hydrogen-bond acceptors (Lipinski definition) is 1. The van der Waals surface area contributed by atoms with Gasteiger partial charge in [-0.05, 0) is 24.3 Å². The molecule has 3 rings (SSSR count). The van der Waals surface area contributed by atoms with Crippen LogP contribution in [0.4, 0.5) is 0 Å². The topological polar surface area (TPSA) is 26.0 Å². The van der Waals surface area contributed by atoms with Crippen molar-refractivity contribution >= 4 is 0 Å². The lowest BCUT2D eigenvalue weighted by Gasteiger charge is -2.16. The largest absolute Gasteiger partial charge is 0.325 e. The van der Waals surface area contributed by atoms with Gasteiger partial charge in [-0.25, -0.2) is 0 Å². The van der Waals surface area contributed by atoms with E-state index in [2.05, 4.69) is 30.3 Å². The van der Waals surface area contributed by atoms with Crippen molar-refractivity contribution in [3.63, 3.8) is 0 Å². The zero-order valence-corrected chi connectivity index (χ0v) is 9.86. The van der Waals surface area contributed by atoms with E-state index in [1.807, 2.05) is 0 Å². The summed E-state index contributed by atoms with van der Waals surface area (Å²) in [7, 11) is 0. The number of nitrogens with two attached hydrogens (primary N) is 1. The molecule has 0 saturated heterocycles. The van der Waals surface area contributed by atoms with Crippen LogP contribution in [-0.4, -0.2) is 5.54 Å². The normalized spacial score (nSPS) is 34.2. The van der Waals surface area contributed by atoms with Crippen molar-refractivity contribution in [2.24, 2.45) is 11.7 Å². The standard InChI is InChI=1S/C15H21N/c16-15(10-12-6-4-5-7-12)11-14(15)13-8-2-1-3-9-13/h1-3,8-9,12,14H,4-7,10-11,16H2. The van der Waals surface area contributed by atoms with Gasteiger partial charge in [-0.1, -0.05) is 56.0 Å². The molecule has 2 N–H and O–H groups in total. The van der Waals surface area contributed by atoms with Gasteiger partial charge in [0.25, 0.3) is 0 Å². The fourth-order valence-corrected chi connectivity index (χ4v) is 3.43. The smallest absolute Gasteiger partial charge is 0.0233 e. The molecule has 2 aliphatic carbocycles. The maximum absolute atomic E-state index is 6.50. The molecule has 2 unspecified atom stereocenters. The van der Waals surface area contributed by atoms with Crippen molar-refractivity contribution < 1.29 is 0 Å². The Hall–Kier alpha value is -0.820. The van der Waals surface area contributed by atoms with E-state index in [9.17, 15) is 0 Å². The Bertz CT molecular complexity index is 353. The molecule has 1 nitrogen and oxygen atoms in total. The second kappa shape index (κ2) is 3.89. The van der Waals surface area contributed by atoms with E-state index in [1.54, 1.807) is 0 Å². The number of rotatable bonds is 3. The first-order valence-electron chi connectivity index (χ1n) is 6.62. The summed E-state index contributed by atoms with van der Waals surface area (Å²) >= 11 is 0. The fraction of sp³-hybridized carbons (Fsp3) is 0.600. The third-order valence-corrected chi connectivity index (χ3v) is 4.46. The lowest BCUT2D eigenvalue weighted by molar-refractivity contribution is 0.424. The molecule has 2 fully saturated rings. The quantitative estimate of drug-likeness (QED) is 0.821. The van der Waals surface area contributed by atoms with Gasteiger partial charge >= 0.3 is 0 Å². The summed E-state index contributed by atoms with van der Waals surface area (Å²) < 4.78 is 0. The predicted octanol–water partition coefficient (Wildman–Crippen LogP) is 3.45. The first-order chi connectivity index (χ1) is 7.78. The van der Waals surface area contributed by atoms with E-state index < -0.39 is 0 Å². The third kappa shape index (κ3) is 1.89. The van der Waals surface area contributed by atoms with Crippen molar-refractivity contribution in [3.8, 4) is 0 Å². The average Bonchev–Trinajstić information content (AvgIpc) is 2.73. The highest BCUT2D eigenvalue weighted by Gasteiger charge is 2.52. The molecule has 1 heteroatoms. The summed E-state index contributed by atoms with van der Waals surface area (Å²) in [6.07, 6.45) is 8.15. The molecule has 0 bridgehead atoms. The van der Waals surface area contributed by atoms with Gasteiger partial charge in [0, 0.05) is 11.5 Å². The summed E-state index contributed by atoms with van der Waals surface area (Å²) in [5, 5.41) is 0. The summed E-state index contributed by atoms with van der Waals surface area (Å²) in [6, 6.07) is 10.8. The Kier molecular flexibility index (Phi) is 2.51. The van der Waals surface area contributed by atoms with E-state index in [4.69, 9.17) is 5.73 Å². The molecule has 0 spiro atoms. The van der Waals surface area contributed by atoms with Gasteiger partial charge in [0.1, 0.15) is 0 Å². The molecular weight excluding hydrogens is 194 g/mol. The van der Waals surface area contributed by atoms with E-state index in [1.165, 1.54) is 44.1 Å². The maximum atomic E-state index is 6.50. The molecule has 1 aromatic carbocycles. The maximum Gasteiger partial charge on any atom is 0.0233 e. The lowest BCUT2D eigenvalue weighted by Crippen LogP contribution is -2.27. The summed E-state index contributed by atoms with van der Waals surface area (Å²) in [5.41, 5.74) is 8.09.